The number of likely N-dealkylation sites (tertiary alicyclic amines) is 1. The number of fused-ring (bicyclic) bond motifs is 1. The highest BCUT2D eigenvalue weighted by atomic mass is 35.5. The number of halogens is 1. The topological polar surface area (TPSA) is 76.8 Å². The Bertz CT molecular complexity index is 1320. The summed E-state index contributed by atoms with van der Waals surface area (Å²) < 4.78 is 1.85. The van der Waals surface area contributed by atoms with E-state index in [4.69, 9.17) is 11.6 Å². The first kappa shape index (κ1) is 22.6. The molecule has 0 bridgehead atoms. The number of aromatic nitrogens is 5. The Morgan fingerprint density at radius 3 is 2.91 bits per heavy atom. The molecule has 1 atom stereocenters. The summed E-state index contributed by atoms with van der Waals surface area (Å²) in [6.07, 6.45) is 10.2. The van der Waals surface area contributed by atoms with Crippen molar-refractivity contribution in [2.45, 2.75) is 39.2 Å². The fourth-order valence-electron chi connectivity index (χ4n) is 4.77. The van der Waals surface area contributed by atoms with Gasteiger partial charge in [0.25, 0.3) is 0 Å². The number of carbonyl (C=O) groups is 1. The van der Waals surface area contributed by atoms with Gasteiger partial charge in [0.15, 0.2) is 0 Å². The standard InChI is InChI=1S/C26H27ClN6O/c1-18-10-23(6-8-28-18)33-25-15-30-22(12-21(25)14-31-33)13-24(34)11-19-4-3-9-32(16-19)17-20-5-2-7-29-26(20)27/h2,5-8,10,12,14-15,19H,3-4,9,11,13,16-17H2,1H3. The van der Waals surface area contributed by atoms with Gasteiger partial charge in [-0.2, -0.15) is 5.10 Å². The van der Waals surface area contributed by atoms with E-state index < -0.39 is 0 Å². The van der Waals surface area contributed by atoms with Gasteiger partial charge in [0.05, 0.1) is 23.6 Å². The van der Waals surface area contributed by atoms with E-state index in [1.165, 1.54) is 0 Å². The van der Waals surface area contributed by atoms with E-state index in [-0.39, 0.29) is 5.78 Å². The molecule has 8 heteroatoms. The molecule has 0 N–H and O–H groups in total. The zero-order valence-electron chi connectivity index (χ0n) is 19.2. The largest absolute Gasteiger partial charge is 0.299 e. The van der Waals surface area contributed by atoms with Crippen molar-refractivity contribution in [1.29, 1.82) is 0 Å². The molecule has 1 saturated heterocycles. The molecular formula is C26H27ClN6O. The van der Waals surface area contributed by atoms with Crippen LogP contribution in [0.25, 0.3) is 16.6 Å². The van der Waals surface area contributed by atoms with Crippen molar-refractivity contribution in [3.8, 4) is 5.69 Å². The van der Waals surface area contributed by atoms with Gasteiger partial charge in [-0.1, -0.05) is 17.7 Å². The second-order valence-electron chi connectivity index (χ2n) is 9.06. The summed E-state index contributed by atoms with van der Waals surface area (Å²) in [5.74, 6) is 0.591. The van der Waals surface area contributed by atoms with Crippen molar-refractivity contribution in [3.63, 3.8) is 0 Å². The zero-order chi connectivity index (χ0) is 23.5. The van der Waals surface area contributed by atoms with E-state index >= 15 is 0 Å². The minimum absolute atomic E-state index is 0.232. The minimum Gasteiger partial charge on any atom is -0.299 e. The summed E-state index contributed by atoms with van der Waals surface area (Å²) in [5.41, 5.74) is 4.62. The van der Waals surface area contributed by atoms with Gasteiger partial charge in [-0.3, -0.25) is 19.7 Å². The third-order valence-corrected chi connectivity index (χ3v) is 6.70. The van der Waals surface area contributed by atoms with E-state index in [2.05, 4.69) is 25.0 Å². The Balaban J connectivity index is 1.21. The lowest BCUT2D eigenvalue weighted by atomic mass is 9.91. The molecule has 1 aliphatic heterocycles. The summed E-state index contributed by atoms with van der Waals surface area (Å²) in [6, 6.07) is 9.82. The van der Waals surface area contributed by atoms with E-state index in [0.29, 0.717) is 23.9 Å². The van der Waals surface area contributed by atoms with Crippen LogP contribution in [0.2, 0.25) is 5.15 Å². The Hall–Kier alpha value is -3.16. The molecule has 0 saturated carbocycles. The summed E-state index contributed by atoms with van der Waals surface area (Å²) >= 11 is 6.23. The second-order valence-corrected chi connectivity index (χ2v) is 9.42. The quantitative estimate of drug-likeness (QED) is 0.365. The number of ketones is 1. The van der Waals surface area contributed by atoms with Crippen molar-refractivity contribution >= 4 is 28.3 Å². The number of hydrogen-bond acceptors (Lipinski definition) is 6. The molecule has 4 aromatic rings. The Kier molecular flexibility index (Phi) is 6.65. The lowest BCUT2D eigenvalue weighted by Crippen LogP contribution is -2.36. The molecular weight excluding hydrogens is 448 g/mol. The summed E-state index contributed by atoms with van der Waals surface area (Å²) in [7, 11) is 0. The SMILES string of the molecule is Cc1cc(-n2ncc3cc(CC(=O)CC4CCCN(Cc5cccnc5Cl)C4)ncc32)ccn1. The van der Waals surface area contributed by atoms with E-state index in [9.17, 15) is 4.79 Å². The van der Waals surface area contributed by atoms with Crippen LogP contribution in [0.4, 0.5) is 0 Å². The third kappa shape index (κ3) is 5.16. The van der Waals surface area contributed by atoms with Crippen LogP contribution in [0.5, 0.6) is 0 Å². The first-order valence-electron chi connectivity index (χ1n) is 11.6. The van der Waals surface area contributed by atoms with Crippen LogP contribution in [0.3, 0.4) is 0 Å². The number of nitrogens with zero attached hydrogens (tertiary/aromatic N) is 6. The first-order chi connectivity index (χ1) is 16.5. The molecule has 7 nitrogen and oxygen atoms in total. The maximum absolute atomic E-state index is 12.9. The molecule has 4 aromatic heterocycles. The monoisotopic (exact) mass is 474 g/mol. The number of Topliss-reactive ketones (excluding diaryl/α,β-unsaturated/α-hetero) is 1. The molecule has 0 aliphatic carbocycles. The Labute approximate surface area is 203 Å². The Morgan fingerprint density at radius 1 is 1.15 bits per heavy atom. The van der Waals surface area contributed by atoms with Gasteiger partial charge in [0.1, 0.15) is 10.9 Å². The predicted molar refractivity (Wildman–Crippen MR) is 132 cm³/mol. The van der Waals surface area contributed by atoms with Gasteiger partial charge >= 0.3 is 0 Å². The highest BCUT2D eigenvalue weighted by molar-refractivity contribution is 6.30. The van der Waals surface area contributed by atoms with Crippen molar-refractivity contribution < 1.29 is 4.79 Å². The fraction of sp³-hybridized carbons (Fsp3) is 0.346. The lowest BCUT2D eigenvalue weighted by molar-refractivity contribution is -0.119. The van der Waals surface area contributed by atoms with E-state index in [0.717, 1.165) is 66.0 Å². The van der Waals surface area contributed by atoms with Crippen molar-refractivity contribution in [3.05, 3.63) is 77.2 Å². The highest BCUT2D eigenvalue weighted by Gasteiger charge is 2.23. The van der Waals surface area contributed by atoms with Gasteiger partial charge < -0.3 is 0 Å². The van der Waals surface area contributed by atoms with Crippen molar-refractivity contribution in [2.24, 2.45) is 5.92 Å². The lowest BCUT2D eigenvalue weighted by Gasteiger charge is -2.32. The number of pyridine rings is 3. The number of piperidine rings is 1. The molecule has 0 radical (unpaired) electrons. The molecule has 0 amide bonds. The summed E-state index contributed by atoms with van der Waals surface area (Å²) in [6.45, 7) is 4.66. The molecule has 5 heterocycles. The molecule has 0 aromatic carbocycles. The van der Waals surface area contributed by atoms with Gasteiger partial charge in [-0.05, 0) is 56.5 Å². The third-order valence-electron chi connectivity index (χ3n) is 6.36. The normalized spacial score (nSPS) is 16.7. The van der Waals surface area contributed by atoms with Gasteiger partial charge in [0.2, 0.25) is 0 Å². The van der Waals surface area contributed by atoms with Crippen LogP contribution in [0, 0.1) is 12.8 Å². The molecule has 1 fully saturated rings. The molecule has 1 aliphatic rings. The fourth-order valence-corrected chi connectivity index (χ4v) is 4.95. The van der Waals surface area contributed by atoms with Crippen LogP contribution in [-0.2, 0) is 17.8 Å². The van der Waals surface area contributed by atoms with Crippen LogP contribution in [-0.4, -0.2) is 48.5 Å². The van der Waals surface area contributed by atoms with Gasteiger partial charge in [-0.25, -0.2) is 9.67 Å². The molecule has 174 valence electrons. The van der Waals surface area contributed by atoms with E-state index in [1.807, 2.05) is 48.1 Å². The second kappa shape index (κ2) is 9.99. The summed E-state index contributed by atoms with van der Waals surface area (Å²) in [4.78, 5) is 28.3. The summed E-state index contributed by atoms with van der Waals surface area (Å²) in [5, 5.41) is 6.05. The van der Waals surface area contributed by atoms with Gasteiger partial charge in [0, 0.05) is 60.7 Å². The average molecular weight is 475 g/mol. The zero-order valence-corrected chi connectivity index (χ0v) is 19.9. The van der Waals surface area contributed by atoms with Crippen LogP contribution in [0.15, 0.2) is 55.1 Å². The highest BCUT2D eigenvalue weighted by Crippen LogP contribution is 2.24. The Morgan fingerprint density at radius 2 is 2.06 bits per heavy atom. The van der Waals surface area contributed by atoms with Gasteiger partial charge in [-0.15, -0.1) is 0 Å². The minimum atomic E-state index is 0.232. The molecule has 0 spiro atoms. The van der Waals surface area contributed by atoms with Crippen molar-refractivity contribution in [2.75, 3.05) is 13.1 Å². The van der Waals surface area contributed by atoms with Crippen molar-refractivity contribution in [1.82, 2.24) is 29.6 Å². The van der Waals surface area contributed by atoms with Crippen LogP contribution in [0.1, 0.15) is 36.2 Å². The average Bonchev–Trinajstić information content (AvgIpc) is 3.24. The molecule has 5 rings (SSSR count). The molecule has 1 unspecified atom stereocenters. The van der Waals surface area contributed by atoms with E-state index in [1.54, 1.807) is 18.6 Å². The van der Waals surface area contributed by atoms with Crippen LogP contribution < -0.4 is 0 Å². The first-order valence-corrected chi connectivity index (χ1v) is 12.0. The maximum Gasteiger partial charge on any atom is 0.139 e. The predicted octanol–water partition coefficient (Wildman–Crippen LogP) is 4.59. The number of carbonyl (C=O) groups excluding carboxylic acids is 1. The smallest absolute Gasteiger partial charge is 0.139 e. The van der Waals surface area contributed by atoms with Crippen LogP contribution >= 0.6 is 11.6 Å². The number of aryl methyl sites for hydroxylation is 1. The maximum atomic E-state index is 12.9. The number of hydrogen-bond donors (Lipinski definition) is 0. The number of rotatable bonds is 7. The molecule has 34 heavy (non-hydrogen) atoms.